The molecule has 0 aliphatic heterocycles. The largest absolute Gasteiger partial charge is 0.480 e. The summed E-state index contributed by atoms with van der Waals surface area (Å²) in [4.78, 5) is 17.1. The van der Waals surface area contributed by atoms with Gasteiger partial charge in [0, 0.05) is 20.9 Å². The fourth-order valence-corrected chi connectivity index (χ4v) is 4.34. The number of carbonyl (C=O) groups excluding carboxylic acids is 1. The number of aromatic nitrogens is 1. The van der Waals surface area contributed by atoms with E-state index in [1.165, 1.54) is 17.6 Å². The van der Waals surface area contributed by atoms with Crippen molar-refractivity contribution >= 4 is 77.8 Å². The molecule has 0 atom stereocenters. The number of pyridine rings is 1. The molecule has 0 saturated carbocycles. The van der Waals surface area contributed by atoms with Gasteiger partial charge in [0.05, 0.1) is 15.0 Å². The number of thiophene rings is 1. The summed E-state index contributed by atoms with van der Waals surface area (Å²) in [5.41, 5.74) is 3.07. The third-order valence-electron chi connectivity index (χ3n) is 3.07. The zero-order chi connectivity index (χ0) is 17.8. The molecule has 5 nitrogen and oxygen atoms in total. The highest BCUT2D eigenvalue weighted by Gasteiger charge is 2.13. The molecule has 3 aromatic rings. The summed E-state index contributed by atoms with van der Waals surface area (Å²) in [7, 11) is 0. The maximum atomic E-state index is 11.9. The van der Waals surface area contributed by atoms with Crippen molar-refractivity contribution < 1.29 is 9.53 Å². The Morgan fingerprint density at radius 2 is 2.20 bits per heavy atom. The predicted molar refractivity (Wildman–Crippen MR) is 108 cm³/mol. The van der Waals surface area contributed by atoms with Crippen molar-refractivity contribution in [1.29, 1.82) is 0 Å². The number of hydrogen-bond donors (Lipinski definition) is 1. The van der Waals surface area contributed by atoms with E-state index in [0.29, 0.717) is 20.1 Å². The second-order valence-electron chi connectivity index (χ2n) is 4.79. The third-order valence-corrected chi connectivity index (χ3v) is 5.48. The van der Waals surface area contributed by atoms with Crippen molar-refractivity contribution in [2.45, 2.75) is 0 Å². The molecule has 0 saturated heterocycles. The fourth-order valence-electron chi connectivity index (χ4n) is 2.02. The molecule has 0 fully saturated rings. The quantitative estimate of drug-likeness (QED) is 0.394. The molecule has 2 aromatic heterocycles. The second kappa shape index (κ2) is 8.27. The number of benzene rings is 1. The summed E-state index contributed by atoms with van der Waals surface area (Å²) >= 11 is 14.1. The van der Waals surface area contributed by atoms with Crippen molar-refractivity contribution in [3.63, 3.8) is 0 Å². The van der Waals surface area contributed by atoms with Gasteiger partial charge in [0.25, 0.3) is 5.91 Å². The van der Waals surface area contributed by atoms with Gasteiger partial charge in [-0.05, 0) is 40.2 Å². The van der Waals surface area contributed by atoms with Gasteiger partial charge in [0.1, 0.15) is 5.52 Å². The van der Waals surface area contributed by atoms with Gasteiger partial charge in [-0.25, -0.2) is 5.43 Å². The molecule has 0 spiro atoms. The van der Waals surface area contributed by atoms with E-state index in [1.54, 1.807) is 12.3 Å². The van der Waals surface area contributed by atoms with E-state index in [2.05, 4.69) is 47.4 Å². The van der Waals surface area contributed by atoms with Crippen LogP contribution in [0.15, 0.2) is 50.6 Å². The Bertz CT molecular complexity index is 962. The predicted octanol–water partition coefficient (Wildman–Crippen LogP) is 5.00. The summed E-state index contributed by atoms with van der Waals surface area (Å²) in [6.45, 7) is -0.186. The van der Waals surface area contributed by atoms with Crippen molar-refractivity contribution in [3.05, 3.63) is 54.7 Å². The lowest BCUT2D eigenvalue weighted by molar-refractivity contribution is -0.123. The minimum Gasteiger partial charge on any atom is -0.480 e. The molecule has 0 bridgehead atoms. The zero-order valence-electron chi connectivity index (χ0n) is 12.5. The molecule has 0 unspecified atom stereocenters. The molecule has 0 aliphatic carbocycles. The van der Waals surface area contributed by atoms with E-state index < -0.39 is 0 Å². The minimum absolute atomic E-state index is 0.186. The van der Waals surface area contributed by atoms with Crippen LogP contribution in [0.3, 0.4) is 0 Å². The first-order chi connectivity index (χ1) is 12.0. The number of hydrazone groups is 1. The van der Waals surface area contributed by atoms with Crippen LogP contribution in [0.4, 0.5) is 0 Å². The summed E-state index contributed by atoms with van der Waals surface area (Å²) < 4.78 is 7.89. The summed E-state index contributed by atoms with van der Waals surface area (Å²) in [6.07, 6.45) is 3.20. The fraction of sp³-hybridized carbons (Fsp3) is 0.0625. The molecule has 2 heterocycles. The highest BCUT2D eigenvalue weighted by atomic mass is 79.9. The summed E-state index contributed by atoms with van der Waals surface area (Å²) in [5, 5.41) is 4.78. The lowest BCUT2D eigenvalue weighted by atomic mass is 10.2. The van der Waals surface area contributed by atoms with Crippen LogP contribution in [-0.2, 0) is 4.79 Å². The number of nitrogens with zero attached hydrogens (tertiary/aromatic N) is 2. The molecular weight excluding hydrogens is 494 g/mol. The molecular formula is C16H10Br2ClN3O2S. The van der Waals surface area contributed by atoms with Crippen molar-refractivity contribution in [3.8, 4) is 5.75 Å². The van der Waals surface area contributed by atoms with E-state index in [1.807, 2.05) is 24.3 Å². The summed E-state index contributed by atoms with van der Waals surface area (Å²) in [5.74, 6) is 0.126. The Labute approximate surface area is 169 Å². The van der Waals surface area contributed by atoms with Gasteiger partial charge in [-0.1, -0.05) is 33.6 Å². The smallest absolute Gasteiger partial charge is 0.277 e. The van der Waals surface area contributed by atoms with E-state index in [9.17, 15) is 4.79 Å². The number of fused-ring (bicyclic) bond motifs is 1. The number of amides is 1. The van der Waals surface area contributed by atoms with Crippen molar-refractivity contribution in [2.75, 3.05) is 6.61 Å². The van der Waals surface area contributed by atoms with Crippen LogP contribution < -0.4 is 10.2 Å². The van der Waals surface area contributed by atoms with E-state index >= 15 is 0 Å². The van der Waals surface area contributed by atoms with Gasteiger partial charge in [-0.3, -0.25) is 9.78 Å². The third kappa shape index (κ3) is 4.58. The standard InChI is InChI=1S/C16H10Br2ClN3O2S/c17-11-6-12(18)16(15-10(11)2-1-5-20-15)24-8-14(23)22-21-7-9-3-4-13(19)25-9/h1-7H,8H2,(H,22,23)/b21-7+. The van der Waals surface area contributed by atoms with Gasteiger partial charge in [0.15, 0.2) is 12.4 Å². The highest BCUT2D eigenvalue weighted by Crippen LogP contribution is 2.37. The van der Waals surface area contributed by atoms with Crippen LogP contribution >= 0.6 is 54.8 Å². The SMILES string of the molecule is O=C(COc1c(Br)cc(Br)c2cccnc12)N/N=C/c1ccc(Cl)s1. The maximum Gasteiger partial charge on any atom is 0.277 e. The Morgan fingerprint density at radius 1 is 1.36 bits per heavy atom. The normalized spacial score (nSPS) is 11.2. The van der Waals surface area contributed by atoms with Gasteiger partial charge in [-0.15, -0.1) is 11.3 Å². The minimum atomic E-state index is -0.377. The number of ether oxygens (including phenoxy) is 1. The molecule has 3 rings (SSSR count). The topological polar surface area (TPSA) is 63.6 Å². The lowest BCUT2D eigenvalue weighted by Gasteiger charge is -2.11. The van der Waals surface area contributed by atoms with Gasteiger partial charge in [-0.2, -0.15) is 5.10 Å². The van der Waals surface area contributed by atoms with E-state index in [4.69, 9.17) is 16.3 Å². The molecule has 1 amide bonds. The Hall–Kier alpha value is -1.48. The van der Waals surface area contributed by atoms with Crippen LogP contribution in [0, 0.1) is 0 Å². The van der Waals surface area contributed by atoms with Crippen LogP contribution in [0.1, 0.15) is 4.88 Å². The molecule has 1 aromatic carbocycles. The second-order valence-corrected chi connectivity index (χ2v) is 8.25. The first-order valence-electron chi connectivity index (χ1n) is 6.97. The van der Waals surface area contributed by atoms with E-state index in [0.717, 1.165) is 14.7 Å². The molecule has 0 aliphatic rings. The zero-order valence-corrected chi connectivity index (χ0v) is 17.2. The number of rotatable bonds is 5. The van der Waals surface area contributed by atoms with Crippen LogP contribution in [0.2, 0.25) is 4.34 Å². The van der Waals surface area contributed by atoms with Crippen molar-refractivity contribution in [1.82, 2.24) is 10.4 Å². The van der Waals surface area contributed by atoms with Crippen molar-refractivity contribution in [2.24, 2.45) is 5.10 Å². The summed E-state index contributed by atoms with van der Waals surface area (Å²) in [6, 6.07) is 9.19. The van der Waals surface area contributed by atoms with Gasteiger partial charge in [0.2, 0.25) is 0 Å². The number of hydrogen-bond acceptors (Lipinski definition) is 5. The van der Waals surface area contributed by atoms with Gasteiger partial charge >= 0.3 is 0 Å². The lowest BCUT2D eigenvalue weighted by Crippen LogP contribution is -2.24. The van der Waals surface area contributed by atoms with Crippen LogP contribution in [-0.4, -0.2) is 23.7 Å². The number of carbonyl (C=O) groups is 1. The van der Waals surface area contributed by atoms with Gasteiger partial charge < -0.3 is 4.74 Å². The Morgan fingerprint density at radius 3 is 2.96 bits per heavy atom. The highest BCUT2D eigenvalue weighted by molar-refractivity contribution is 9.11. The monoisotopic (exact) mass is 501 g/mol. The number of nitrogens with one attached hydrogen (secondary N) is 1. The average molecular weight is 504 g/mol. The molecule has 9 heteroatoms. The first-order valence-corrected chi connectivity index (χ1v) is 9.75. The van der Waals surface area contributed by atoms with Crippen LogP contribution in [0.25, 0.3) is 10.9 Å². The molecule has 1 N–H and O–H groups in total. The maximum absolute atomic E-state index is 11.9. The Kier molecular flexibility index (Phi) is 6.06. The molecule has 25 heavy (non-hydrogen) atoms. The molecule has 0 radical (unpaired) electrons. The number of halogens is 3. The van der Waals surface area contributed by atoms with Crippen LogP contribution in [0.5, 0.6) is 5.75 Å². The Balaban J connectivity index is 1.66. The molecule has 128 valence electrons. The van der Waals surface area contributed by atoms with E-state index in [-0.39, 0.29) is 12.5 Å². The first kappa shape index (κ1) is 18.3. The average Bonchev–Trinajstić information content (AvgIpc) is 3.00.